The van der Waals surface area contributed by atoms with E-state index in [0.717, 1.165) is 11.1 Å². The summed E-state index contributed by atoms with van der Waals surface area (Å²) in [5.41, 5.74) is 4.18. The second kappa shape index (κ2) is 9.34. The zero-order valence-corrected chi connectivity index (χ0v) is 17.0. The summed E-state index contributed by atoms with van der Waals surface area (Å²) in [6, 6.07) is 19.8. The van der Waals surface area contributed by atoms with Gasteiger partial charge < -0.3 is 9.72 Å². The van der Waals surface area contributed by atoms with E-state index in [2.05, 4.69) is 10.3 Å². The van der Waals surface area contributed by atoms with Crippen molar-refractivity contribution >= 4 is 11.8 Å². The van der Waals surface area contributed by atoms with E-state index in [1.54, 1.807) is 20.8 Å². The van der Waals surface area contributed by atoms with Crippen molar-refractivity contribution in [3.8, 4) is 0 Å². The van der Waals surface area contributed by atoms with Gasteiger partial charge in [0.25, 0.3) is 0 Å². The fraction of sp³-hybridized carbons (Fsp3) is 0.250. The van der Waals surface area contributed by atoms with Crippen LogP contribution in [0.4, 0.5) is 0 Å². The molecule has 2 aromatic carbocycles. The molecule has 150 valence electrons. The lowest BCUT2D eigenvalue weighted by Gasteiger charge is -2.19. The molecular weight excluding hydrogens is 364 g/mol. The Balaban J connectivity index is 1.86. The Bertz CT molecular complexity index is 939. The Morgan fingerprint density at radius 1 is 0.897 bits per heavy atom. The molecule has 0 radical (unpaired) electrons. The molecule has 3 aromatic rings. The molecule has 1 aromatic heterocycles. The number of aromatic nitrogens is 1. The minimum atomic E-state index is -0.472. The largest absolute Gasteiger partial charge is 0.462 e. The average molecular weight is 390 g/mol. The lowest BCUT2D eigenvalue weighted by Crippen LogP contribution is -2.29. The Kier molecular flexibility index (Phi) is 6.62. The number of hydrogen-bond donors (Lipinski definition) is 2. The van der Waals surface area contributed by atoms with Crippen molar-refractivity contribution in [3.05, 3.63) is 94.3 Å². The van der Waals surface area contributed by atoms with Crippen LogP contribution >= 0.6 is 0 Å². The molecule has 0 fully saturated rings. The number of aryl methyl sites for hydroxylation is 2. The number of benzene rings is 2. The van der Waals surface area contributed by atoms with Crippen LogP contribution in [0.1, 0.15) is 56.2 Å². The van der Waals surface area contributed by atoms with Crippen molar-refractivity contribution in [1.29, 1.82) is 0 Å². The number of carbonyl (C=O) groups is 2. The number of hydrogen-bond acceptors (Lipinski definition) is 4. The van der Waals surface area contributed by atoms with Crippen LogP contribution in [-0.4, -0.2) is 29.9 Å². The van der Waals surface area contributed by atoms with Crippen molar-refractivity contribution in [1.82, 2.24) is 10.3 Å². The molecule has 0 atom stereocenters. The lowest BCUT2D eigenvalue weighted by molar-refractivity contribution is 0.0522. The van der Waals surface area contributed by atoms with Gasteiger partial charge in [0.15, 0.2) is 5.78 Å². The molecule has 0 amide bonds. The molecule has 1 heterocycles. The summed E-state index contributed by atoms with van der Waals surface area (Å²) >= 11 is 0. The van der Waals surface area contributed by atoms with Crippen LogP contribution in [0.2, 0.25) is 0 Å². The van der Waals surface area contributed by atoms with Gasteiger partial charge >= 0.3 is 5.97 Å². The molecule has 3 rings (SSSR count). The van der Waals surface area contributed by atoms with Gasteiger partial charge in [0.1, 0.15) is 0 Å². The minimum Gasteiger partial charge on any atom is -0.462 e. The molecule has 0 unspecified atom stereocenters. The average Bonchev–Trinajstić information content (AvgIpc) is 3.03. The van der Waals surface area contributed by atoms with Crippen molar-refractivity contribution < 1.29 is 14.3 Å². The zero-order chi connectivity index (χ0) is 20.8. The molecule has 0 aliphatic heterocycles. The van der Waals surface area contributed by atoms with Crippen LogP contribution in [0.15, 0.2) is 60.7 Å². The zero-order valence-electron chi connectivity index (χ0n) is 17.0. The van der Waals surface area contributed by atoms with Crippen LogP contribution in [0.3, 0.4) is 0 Å². The fourth-order valence-electron chi connectivity index (χ4n) is 3.59. The van der Waals surface area contributed by atoms with Gasteiger partial charge in [0.2, 0.25) is 0 Å². The third-order valence-corrected chi connectivity index (χ3v) is 4.87. The summed E-state index contributed by atoms with van der Waals surface area (Å²) in [5, 5.41) is 3.37. The molecule has 0 spiro atoms. The number of esters is 1. The molecule has 0 aliphatic carbocycles. The quantitative estimate of drug-likeness (QED) is 0.443. The molecule has 2 N–H and O–H groups in total. The number of carbonyl (C=O) groups excluding carboxylic acids is 2. The fourth-order valence-corrected chi connectivity index (χ4v) is 3.59. The van der Waals surface area contributed by atoms with E-state index >= 15 is 0 Å². The van der Waals surface area contributed by atoms with Gasteiger partial charge in [-0.1, -0.05) is 60.7 Å². The normalized spacial score (nSPS) is 10.9. The van der Waals surface area contributed by atoms with Crippen LogP contribution in [0.25, 0.3) is 0 Å². The van der Waals surface area contributed by atoms with Gasteiger partial charge in [-0.25, -0.2) is 4.79 Å². The monoisotopic (exact) mass is 390 g/mol. The third kappa shape index (κ3) is 4.63. The van der Waals surface area contributed by atoms with Crippen LogP contribution < -0.4 is 5.32 Å². The number of rotatable bonds is 8. The number of Topliss-reactive ketones (excluding diaryl/α,β-unsaturated/α-hetero) is 1. The van der Waals surface area contributed by atoms with Crippen molar-refractivity contribution in [2.24, 2.45) is 0 Å². The summed E-state index contributed by atoms with van der Waals surface area (Å²) in [7, 11) is 0. The highest BCUT2D eigenvalue weighted by molar-refractivity contribution is 6.09. The molecule has 5 nitrogen and oxygen atoms in total. The number of ether oxygens (including phenoxy) is 1. The SMILES string of the molecule is CCOC(=O)c1c(C)[nH]c(C)c1C(=O)CNC(c1ccccc1)c1ccccc1. The molecule has 0 saturated heterocycles. The first-order valence-electron chi connectivity index (χ1n) is 9.75. The summed E-state index contributed by atoms with van der Waals surface area (Å²) < 4.78 is 5.15. The summed E-state index contributed by atoms with van der Waals surface area (Å²) in [5.74, 6) is -0.618. The van der Waals surface area contributed by atoms with E-state index in [4.69, 9.17) is 4.74 Å². The second-order valence-corrected chi connectivity index (χ2v) is 6.90. The Morgan fingerprint density at radius 2 is 1.41 bits per heavy atom. The highest BCUT2D eigenvalue weighted by Gasteiger charge is 2.26. The maximum atomic E-state index is 13.1. The van der Waals surface area contributed by atoms with Crippen molar-refractivity contribution in [3.63, 3.8) is 0 Å². The van der Waals surface area contributed by atoms with Gasteiger partial charge in [-0.3, -0.25) is 10.1 Å². The van der Waals surface area contributed by atoms with Gasteiger partial charge in [0.05, 0.1) is 30.3 Å². The molecule has 29 heavy (non-hydrogen) atoms. The highest BCUT2D eigenvalue weighted by atomic mass is 16.5. The van der Waals surface area contributed by atoms with Gasteiger partial charge in [-0.15, -0.1) is 0 Å². The van der Waals surface area contributed by atoms with E-state index < -0.39 is 5.97 Å². The Labute approximate surface area is 171 Å². The molecule has 0 bridgehead atoms. The van der Waals surface area contributed by atoms with Crippen LogP contribution in [0.5, 0.6) is 0 Å². The maximum absolute atomic E-state index is 13.1. The number of nitrogens with one attached hydrogen (secondary N) is 2. The molecule has 0 saturated carbocycles. The summed E-state index contributed by atoms with van der Waals surface area (Å²) in [4.78, 5) is 28.6. The van der Waals surface area contributed by atoms with Crippen LogP contribution in [0, 0.1) is 13.8 Å². The number of aromatic amines is 1. The van der Waals surface area contributed by atoms with E-state index in [0.29, 0.717) is 22.5 Å². The highest BCUT2D eigenvalue weighted by Crippen LogP contribution is 2.23. The molecular formula is C24H26N2O3. The third-order valence-electron chi connectivity index (χ3n) is 4.87. The molecule has 5 heteroatoms. The summed E-state index contributed by atoms with van der Waals surface area (Å²) in [6.07, 6.45) is 0. The topological polar surface area (TPSA) is 71.2 Å². The van der Waals surface area contributed by atoms with Crippen molar-refractivity contribution in [2.45, 2.75) is 26.8 Å². The predicted octanol–water partition coefficient (Wildman–Crippen LogP) is 4.37. The number of ketones is 1. The summed E-state index contributed by atoms with van der Waals surface area (Å²) in [6.45, 7) is 5.69. The predicted molar refractivity (Wildman–Crippen MR) is 113 cm³/mol. The van der Waals surface area contributed by atoms with Gasteiger partial charge in [-0.05, 0) is 31.9 Å². The van der Waals surface area contributed by atoms with E-state index in [9.17, 15) is 9.59 Å². The van der Waals surface area contributed by atoms with E-state index in [1.807, 2.05) is 60.7 Å². The van der Waals surface area contributed by atoms with Crippen molar-refractivity contribution in [2.75, 3.05) is 13.2 Å². The first kappa shape index (κ1) is 20.6. The Morgan fingerprint density at radius 3 is 1.93 bits per heavy atom. The second-order valence-electron chi connectivity index (χ2n) is 6.90. The first-order chi connectivity index (χ1) is 14.0. The van der Waals surface area contributed by atoms with Gasteiger partial charge in [-0.2, -0.15) is 0 Å². The maximum Gasteiger partial charge on any atom is 0.340 e. The Hall–Kier alpha value is -3.18. The van der Waals surface area contributed by atoms with Gasteiger partial charge in [0, 0.05) is 11.4 Å². The van der Waals surface area contributed by atoms with E-state index in [-0.39, 0.29) is 25.0 Å². The molecule has 0 aliphatic rings. The number of H-pyrrole nitrogens is 1. The smallest absolute Gasteiger partial charge is 0.340 e. The van der Waals surface area contributed by atoms with Crippen LogP contribution in [-0.2, 0) is 4.74 Å². The standard InChI is InChI=1S/C24H26N2O3/c1-4-29-24(28)22-17(3)26-16(2)21(22)20(27)15-25-23(18-11-7-5-8-12-18)19-13-9-6-10-14-19/h5-14,23,25-26H,4,15H2,1-3H3. The lowest BCUT2D eigenvalue weighted by atomic mass is 9.98. The minimum absolute atomic E-state index is 0.0962. The first-order valence-corrected chi connectivity index (χ1v) is 9.75. The van der Waals surface area contributed by atoms with E-state index in [1.165, 1.54) is 0 Å².